The number of benzene rings is 11. The summed E-state index contributed by atoms with van der Waals surface area (Å²) in [6.07, 6.45) is 8.83. The quantitative estimate of drug-likeness (QED) is 0.117. The van der Waals surface area contributed by atoms with Gasteiger partial charge in [-0.05, 0) is 119 Å². The van der Waals surface area contributed by atoms with E-state index >= 15 is 0 Å². The molecule has 1 aliphatic rings. The fourth-order valence-corrected chi connectivity index (χ4v) is 10.6. The third kappa shape index (κ3) is 5.85. The molecule has 1 aliphatic carbocycles. The smallest absolute Gasteiger partial charge is 0.0619 e. The number of hydrogen-bond acceptors (Lipinski definition) is 2. The van der Waals surface area contributed by atoms with Gasteiger partial charge in [-0.25, -0.2) is 0 Å². The van der Waals surface area contributed by atoms with Gasteiger partial charge in [-0.3, -0.25) is 0 Å². The van der Waals surface area contributed by atoms with Crippen LogP contribution in [0, 0.1) is 6.92 Å². The van der Waals surface area contributed by atoms with Crippen LogP contribution in [0.1, 0.15) is 43.2 Å². The van der Waals surface area contributed by atoms with Crippen LogP contribution in [0.15, 0.2) is 200 Å². The van der Waals surface area contributed by atoms with Crippen molar-refractivity contribution >= 4 is 105 Å². The van der Waals surface area contributed by atoms with Crippen molar-refractivity contribution in [2.45, 2.75) is 39.0 Å². The first-order valence-corrected chi connectivity index (χ1v) is 22.2. The van der Waals surface area contributed by atoms with Crippen LogP contribution >= 0.6 is 0 Å². The normalized spacial score (nSPS) is 13.2. The molecule has 11 aromatic carbocycles. The lowest BCUT2D eigenvalue weighted by atomic mass is 9.83. The molecule has 11 aromatic rings. The number of anilines is 6. The summed E-state index contributed by atoms with van der Waals surface area (Å²) in [5.74, 6) is 0. The first kappa shape index (κ1) is 36.4. The Morgan fingerprint density at radius 2 is 0.694 bits per heavy atom. The summed E-state index contributed by atoms with van der Waals surface area (Å²) in [6.45, 7) is 2.16. The van der Waals surface area contributed by atoms with Crippen LogP contribution in [-0.4, -0.2) is 0 Å². The van der Waals surface area contributed by atoms with Crippen molar-refractivity contribution in [1.29, 1.82) is 0 Å². The zero-order chi connectivity index (χ0) is 41.1. The number of para-hydroxylation sites is 2. The van der Waals surface area contributed by atoms with E-state index in [1.165, 1.54) is 119 Å². The number of fused-ring (bicyclic) bond motifs is 6. The molecule has 0 atom stereocenters. The van der Waals surface area contributed by atoms with Crippen molar-refractivity contribution in [1.82, 2.24) is 0 Å². The maximum absolute atomic E-state index is 2.50. The van der Waals surface area contributed by atoms with Crippen LogP contribution in [0.2, 0.25) is 0 Å². The van der Waals surface area contributed by atoms with Crippen molar-refractivity contribution in [2.75, 3.05) is 9.80 Å². The van der Waals surface area contributed by atoms with Gasteiger partial charge < -0.3 is 9.80 Å². The van der Waals surface area contributed by atoms with E-state index in [4.69, 9.17) is 0 Å². The van der Waals surface area contributed by atoms with Gasteiger partial charge in [-0.15, -0.1) is 0 Å². The number of aryl methyl sites for hydroxylation is 1. The summed E-state index contributed by atoms with van der Waals surface area (Å²) in [7, 11) is 0. The predicted octanol–water partition coefficient (Wildman–Crippen LogP) is 17.6. The number of rotatable bonds is 7. The molecule has 12 rings (SSSR count). The van der Waals surface area contributed by atoms with E-state index in [2.05, 4.69) is 217 Å². The summed E-state index contributed by atoms with van der Waals surface area (Å²) in [5, 5.41) is 15.2. The maximum Gasteiger partial charge on any atom is 0.0619 e. The van der Waals surface area contributed by atoms with Crippen LogP contribution in [0.25, 0.3) is 70.7 Å². The highest BCUT2D eigenvalue weighted by atomic mass is 15.2. The molecule has 0 aromatic heterocycles. The van der Waals surface area contributed by atoms with Crippen molar-refractivity contribution in [3.63, 3.8) is 0 Å². The fourth-order valence-electron chi connectivity index (χ4n) is 10.6. The second-order valence-electron chi connectivity index (χ2n) is 17.1. The van der Waals surface area contributed by atoms with E-state index in [9.17, 15) is 0 Å². The summed E-state index contributed by atoms with van der Waals surface area (Å²) >= 11 is 0. The summed E-state index contributed by atoms with van der Waals surface area (Å²) < 4.78 is 0. The van der Waals surface area contributed by atoms with Crippen LogP contribution in [0.3, 0.4) is 0 Å². The van der Waals surface area contributed by atoms with Crippen molar-refractivity contribution in [3.05, 3.63) is 211 Å². The molecule has 0 aliphatic heterocycles. The van der Waals surface area contributed by atoms with E-state index in [0.717, 1.165) is 22.7 Å². The standard InChI is InChI=1S/C60H46N2/c1-40-31-35-45(36-32-40)61(43-19-7-3-8-20-43)59-49-25-13-11-23-47(49)55-52-28-16-30-54-58(52)56(51-27-15-29-53(59)57(51)55)48-24-12-14-26-50(48)60(54)62(44-21-9-4-10-22-44)46-37-33-42(34-38-46)39-41-17-5-2-6-18-41/h3-4,7-16,19-39H,2,5-6,17-18H2,1H3. The number of nitrogens with zero attached hydrogens (tertiary/aromatic N) is 2. The Morgan fingerprint density at radius 1 is 0.323 bits per heavy atom. The molecular weight excluding hydrogens is 749 g/mol. The molecule has 62 heavy (non-hydrogen) atoms. The minimum absolute atomic E-state index is 1.13. The monoisotopic (exact) mass is 794 g/mol. The molecule has 0 bridgehead atoms. The van der Waals surface area contributed by atoms with Gasteiger partial charge in [-0.1, -0.05) is 169 Å². The first-order valence-electron chi connectivity index (χ1n) is 22.2. The first-order chi connectivity index (χ1) is 30.7. The van der Waals surface area contributed by atoms with Gasteiger partial charge >= 0.3 is 0 Å². The van der Waals surface area contributed by atoms with E-state index in [0.29, 0.717) is 0 Å². The second kappa shape index (κ2) is 14.9. The van der Waals surface area contributed by atoms with E-state index in [-0.39, 0.29) is 0 Å². The zero-order valence-electron chi connectivity index (χ0n) is 35.0. The molecule has 0 N–H and O–H groups in total. The topological polar surface area (TPSA) is 6.48 Å². The summed E-state index contributed by atoms with van der Waals surface area (Å²) in [6, 6.07) is 72.2. The van der Waals surface area contributed by atoms with E-state index < -0.39 is 0 Å². The van der Waals surface area contributed by atoms with Gasteiger partial charge in [0, 0.05) is 55.1 Å². The summed E-state index contributed by atoms with van der Waals surface area (Å²) in [5.41, 5.74) is 11.1. The van der Waals surface area contributed by atoms with Crippen LogP contribution < -0.4 is 9.80 Å². The maximum atomic E-state index is 2.50. The average molecular weight is 795 g/mol. The Labute approximate surface area is 362 Å². The highest BCUT2D eigenvalue weighted by Gasteiger charge is 2.27. The van der Waals surface area contributed by atoms with Gasteiger partial charge in [0.25, 0.3) is 0 Å². The molecular formula is C60H46N2. The van der Waals surface area contributed by atoms with Gasteiger partial charge in [0.05, 0.1) is 11.4 Å². The van der Waals surface area contributed by atoms with Crippen molar-refractivity contribution < 1.29 is 0 Å². The van der Waals surface area contributed by atoms with Gasteiger partial charge in [0.15, 0.2) is 0 Å². The highest BCUT2D eigenvalue weighted by molar-refractivity contribution is 6.45. The molecule has 0 heterocycles. The van der Waals surface area contributed by atoms with Crippen LogP contribution in [0.5, 0.6) is 0 Å². The largest absolute Gasteiger partial charge is 0.309 e. The lowest BCUT2D eigenvalue weighted by Gasteiger charge is -2.31. The molecule has 1 fully saturated rings. The molecule has 296 valence electrons. The number of hydrogen-bond donors (Lipinski definition) is 0. The van der Waals surface area contributed by atoms with Gasteiger partial charge in [0.2, 0.25) is 0 Å². The zero-order valence-corrected chi connectivity index (χ0v) is 35.0. The van der Waals surface area contributed by atoms with Crippen LogP contribution in [0.4, 0.5) is 34.1 Å². The Balaban J connectivity index is 1.19. The lowest BCUT2D eigenvalue weighted by molar-refractivity contribution is 0.602. The SMILES string of the molecule is Cc1ccc(N(c2ccccc2)c2c3ccccc3c3c4cccc5c(N(c6ccccc6)c6ccc(C=C7CCCCC7)cc6)c6ccccc6c(c6cccc2c63)c54)cc1. The molecule has 0 radical (unpaired) electrons. The molecule has 1 saturated carbocycles. The Kier molecular flexibility index (Phi) is 8.78. The van der Waals surface area contributed by atoms with Gasteiger partial charge in [-0.2, -0.15) is 0 Å². The van der Waals surface area contributed by atoms with Crippen LogP contribution in [-0.2, 0) is 0 Å². The Morgan fingerprint density at radius 3 is 1.18 bits per heavy atom. The lowest BCUT2D eigenvalue weighted by Crippen LogP contribution is -2.12. The van der Waals surface area contributed by atoms with Crippen molar-refractivity contribution in [2.24, 2.45) is 0 Å². The molecule has 0 unspecified atom stereocenters. The highest BCUT2D eigenvalue weighted by Crippen LogP contribution is 2.54. The minimum atomic E-state index is 1.13. The minimum Gasteiger partial charge on any atom is -0.309 e. The average Bonchev–Trinajstić information content (AvgIpc) is 3.33. The van der Waals surface area contributed by atoms with E-state index in [1.54, 1.807) is 5.57 Å². The molecule has 0 spiro atoms. The molecule has 2 heteroatoms. The molecule has 2 nitrogen and oxygen atoms in total. The second-order valence-corrected chi connectivity index (χ2v) is 17.1. The Bertz CT molecular complexity index is 3470. The summed E-state index contributed by atoms with van der Waals surface area (Å²) in [4.78, 5) is 4.97. The molecule has 0 amide bonds. The Hall–Kier alpha value is -7.42. The third-order valence-corrected chi connectivity index (χ3v) is 13.4. The predicted molar refractivity (Wildman–Crippen MR) is 268 cm³/mol. The fraction of sp³-hybridized carbons (Fsp3) is 0.100. The molecule has 0 saturated heterocycles. The number of allylic oxidation sites excluding steroid dienone is 1. The van der Waals surface area contributed by atoms with E-state index in [1.807, 2.05) is 0 Å². The van der Waals surface area contributed by atoms with Crippen molar-refractivity contribution in [3.8, 4) is 0 Å². The van der Waals surface area contributed by atoms with Gasteiger partial charge in [0.1, 0.15) is 0 Å². The third-order valence-electron chi connectivity index (χ3n) is 13.4.